The van der Waals surface area contributed by atoms with Crippen molar-refractivity contribution in [2.45, 2.75) is 10.9 Å². The first kappa shape index (κ1) is 17.8. The van der Waals surface area contributed by atoms with E-state index in [9.17, 15) is 28.4 Å². The predicted molar refractivity (Wildman–Crippen MR) is 91.9 cm³/mol. The summed E-state index contributed by atoms with van der Waals surface area (Å²) >= 11 is 0. The van der Waals surface area contributed by atoms with Gasteiger partial charge in [0.1, 0.15) is 0 Å². The number of aliphatic carboxylic acids is 1. The molecule has 8 nitrogen and oxygen atoms in total. The van der Waals surface area contributed by atoms with Crippen molar-refractivity contribution in [3.63, 3.8) is 0 Å². The van der Waals surface area contributed by atoms with Crippen molar-refractivity contribution in [3.8, 4) is 0 Å². The molecule has 0 amide bonds. The molecular weight excluding hydrogens is 360 g/mol. The third-order valence-corrected chi connectivity index (χ3v) is 5.94. The van der Waals surface area contributed by atoms with E-state index < -0.39 is 27.0 Å². The quantitative estimate of drug-likeness (QED) is 0.634. The summed E-state index contributed by atoms with van der Waals surface area (Å²) in [6, 6.07) is 12.0. The summed E-state index contributed by atoms with van der Waals surface area (Å²) in [6.45, 7) is -0.0967. The Morgan fingerprint density at radius 2 is 1.73 bits per heavy atom. The van der Waals surface area contributed by atoms with Gasteiger partial charge in [0.25, 0.3) is 5.69 Å². The highest BCUT2D eigenvalue weighted by molar-refractivity contribution is 7.89. The first-order chi connectivity index (χ1) is 12.3. The molecule has 26 heavy (non-hydrogen) atoms. The Kier molecular flexibility index (Phi) is 4.58. The van der Waals surface area contributed by atoms with Gasteiger partial charge >= 0.3 is 5.97 Å². The number of carboxylic acids is 1. The summed E-state index contributed by atoms with van der Waals surface area (Å²) in [5, 5.41) is 20.2. The zero-order valence-electron chi connectivity index (χ0n) is 13.3. The largest absolute Gasteiger partial charge is 0.478 e. The fourth-order valence-electron chi connectivity index (χ4n) is 2.86. The maximum atomic E-state index is 13.0. The van der Waals surface area contributed by atoms with Gasteiger partial charge in [-0.2, -0.15) is 4.31 Å². The lowest BCUT2D eigenvalue weighted by Gasteiger charge is -2.26. The molecule has 1 heterocycles. The Hall–Kier alpha value is -3.04. The monoisotopic (exact) mass is 374 g/mol. The van der Waals surface area contributed by atoms with Crippen LogP contribution in [0.2, 0.25) is 0 Å². The summed E-state index contributed by atoms with van der Waals surface area (Å²) in [6.07, 6.45) is 1.36. The van der Waals surface area contributed by atoms with Crippen LogP contribution in [0, 0.1) is 10.1 Å². The van der Waals surface area contributed by atoms with Crippen LogP contribution in [0.3, 0.4) is 0 Å². The molecule has 0 bridgehead atoms. The molecular formula is C17H14N2O6S. The van der Waals surface area contributed by atoms with Crippen molar-refractivity contribution >= 4 is 21.7 Å². The minimum Gasteiger partial charge on any atom is -0.478 e. The van der Waals surface area contributed by atoms with E-state index in [1.54, 1.807) is 30.3 Å². The van der Waals surface area contributed by atoms with Crippen molar-refractivity contribution in [2.24, 2.45) is 0 Å². The molecule has 0 spiro atoms. The van der Waals surface area contributed by atoms with Gasteiger partial charge in [-0.3, -0.25) is 10.1 Å². The molecule has 134 valence electrons. The number of nitrogens with zero attached hydrogens (tertiary/aromatic N) is 2. The number of non-ortho nitro benzene ring substituents is 1. The Morgan fingerprint density at radius 1 is 1.12 bits per heavy atom. The lowest BCUT2D eigenvalue weighted by molar-refractivity contribution is -0.384. The molecule has 1 atom stereocenters. The van der Waals surface area contributed by atoms with E-state index >= 15 is 0 Å². The van der Waals surface area contributed by atoms with E-state index in [2.05, 4.69) is 0 Å². The number of rotatable bonds is 5. The van der Waals surface area contributed by atoms with Gasteiger partial charge < -0.3 is 5.11 Å². The molecule has 1 N–H and O–H groups in total. The Labute approximate surface area is 149 Å². The molecule has 3 rings (SSSR count). The molecule has 0 radical (unpaired) electrons. The van der Waals surface area contributed by atoms with Crippen LogP contribution in [-0.2, 0) is 14.8 Å². The minimum atomic E-state index is -4.05. The van der Waals surface area contributed by atoms with Crippen LogP contribution in [0.5, 0.6) is 0 Å². The fraction of sp³-hybridized carbons (Fsp3) is 0.118. The average Bonchev–Trinajstić information content (AvgIpc) is 3.08. The summed E-state index contributed by atoms with van der Waals surface area (Å²) in [4.78, 5) is 21.5. The number of hydrogen-bond donors (Lipinski definition) is 1. The number of nitro benzene ring substituents is 1. The van der Waals surface area contributed by atoms with Crippen LogP contribution in [0.15, 0.2) is 71.1 Å². The lowest BCUT2D eigenvalue weighted by atomic mass is 10.0. The van der Waals surface area contributed by atoms with E-state index in [4.69, 9.17) is 0 Å². The van der Waals surface area contributed by atoms with E-state index in [0.717, 1.165) is 28.6 Å². The highest BCUT2D eigenvalue weighted by Crippen LogP contribution is 2.37. The van der Waals surface area contributed by atoms with E-state index in [-0.39, 0.29) is 22.7 Å². The van der Waals surface area contributed by atoms with Crippen molar-refractivity contribution in [2.75, 3.05) is 6.54 Å². The SMILES string of the molecule is O=C(O)C1=CCN(S(=O)(=O)c2ccc([N+](=O)[O-])cc2)C1c1ccccc1. The second-order valence-electron chi connectivity index (χ2n) is 5.60. The van der Waals surface area contributed by atoms with Crippen LogP contribution < -0.4 is 0 Å². The van der Waals surface area contributed by atoms with Gasteiger partial charge in [-0.25, -0.2) is 13.2 Å². The summed E-state index contributed by atoms with van der Waals surface area (Å²) in [5.74, 6) is -1.19. The van der Waals surface area contributed by atoms with Crippen molar-refractivity contribution in [1.29, 1.82) is 0 Å². The molecule has 0 saturated carbocycles. The second-order valence-corrected chi connectivity index (χ2v) is 7.49. The summed E-state index contributed by atoms with van der Waals surface area (Å²) in [5.41, 5.74) is 0.278. The zero-order valence-corrected chi connectivity index (χ0v) is 14.2. The minimum absolute atomic E-state index is 0.0262. The van der Waals surface area contributed by atoms with Crippen molar-refractivity contribution in [1.82, 2.24) is 4.31 Å². The van der Waals surface area contributed by atoms with Crippen LogP contribution in [-0.4, -0.2) is 35.3 Å². The molecule has 2 aromatic rings. The summed E-state index contributed by atoms with van der Waals surface area (Å²) in [7, 11) is -4.05. The van der Waals surface area contributed by atoms with Crippen LogP contribution in [0.25, 0.3) is 0 Å². The standard InChI is InChI=1S/C17H14N2O6S/c20-17(21)15-10-11-18(16(15)12-4-2-1-3-5-12)26(24,25)14-8-6-13(7-9-14)19(22)23/h1-10,16H,11H2,(H,20,21). The maximum absolute atomic E-state index is 13.0. The van der Waals surface area contributed by atoms with Crippen LogP contribution in [0.1, 0.15) is 11.6 Å². The number of nitro groups is 1. The van der Waals surface area contributed by atoms with E-state index in [1.165, 1.54) is 6.08 Å². The van der Waals surface area contributed by atoms with Gasteiger partial charge in [0, 0.05) is 18.7 Å². The second kappa shape index (κ2) is 6.70. The normalized spacial score (nSPS) is 17.7. The molecule has 9 heteroatoms. The molecule has 0 aliphatic carbocycles. The van der Waals surface area contributed by atoms with Gasteiger partial charge in [-0.1, -0.05) is 36.4 Å². The molecule has 0 saturated heterocycles. The zero-order chi connectivity index (χ0) is 18.9. The van der Waals surface area contributed by atoms with Gasteiger partial charge in [-0.05, 0) is 17.7 Å². The van der Waals surface area contributed by atoms with Crippen LogP contribution in [0.4, 0.5) is 5.69 Å². The molecule has 0 aromatic heterocycles. The third kappa shape index (κ3) is 3.09. The molecule has 1 unspecified atom stereocenters. The Bertz CT molecular complexity index is 984. The topological polar surface area (TPSA) is 118 Å². The highest BCUT2D eigenvalue weighted by Gasteiger charge is 2.40. The number of benzene rings is 2. The Balaban J connectivity index is 2.03. The Morgan fingerprint density at radius 3 is 2.27 bits per heavy atom. The highest BCUT2D eigenvalue weighted by atomic mass is 32.2. The summed E-state index contributed by atoms with van der Waals surface area (Å²) < 4.78 is 27.1. The van der Waals surface area contributed by atoms with Gasteiger partial charge in [-0.15, -0.1) is 0 Å². The molecule has 0 fully saturated rings. The molecule has 1 aliphatic heterocycles. The lowest BCUT2D eigenvalue weighted by Crippen LogP contribution is -2.33. The van der Waals surface area contributed by atoms with Gasteiger partial charge in [0.15, 0.2) is 0 Å². The number of hydrogen-bond acceptors (Lipinski definition) is 5. The maximum Gasteiger partial charge on any atom is 0.333 e. The van der Waals surface area contributed by atoms with E-state index in [1.807, 2.05) is 0 Å². The third-order valence-electron chi connectivity index (χ3n) is 4.09. The average molecular weight is 374 g/mol. The van der Waals surface area contributed by atoms with Gasteiger partial charge in [0.2, 0.25) is 10.0 Å². The number of carbonyl (C=O) groups is 1. The predicted octanol–water partition coefficient (Wildman–Crippen LogP) is 2.35. The first-order valence-electron chi connectivity index (χ1n) is 7.57. The molecule has 1 aliphatic rings. The van der Waals surface area contributed by atoms with Crippen molar-refractivity contribution in [3.05, 3.63) is 81.9 Å². The number of carboxylic acid groups (broad SMARTS) is 1. The van der Waals surface area contributed by atoms with Crippen LogP contribution >= 0.6 is 0 Å². The molecule has 2 aromatic carbocycles. The van der Waals surface area contributed by atoms with E-state index in [0.29, 0.717) is 5.56 Å². The fourth-order valence-corrected chi connectivity index (χ4v) is 4.39. The van der Waals surface area contributed by atoms with Gasteiger partial charge in [0.05, 0.1) is 21.4 Å². The van der Waals surface area contributed by atoms with Crippen molar-refractivity contribution < 1.29 is 23.2 Å². The number of sulfonamides is 1. The smallest absolute Gasteiger partial charge is 0.333 e. The first-order valence-corrected chi connectivity index (χ1v) is 9.01.